The molecule has 2 N–H and O–H groups in total. The van der Waals surface area contributed by atoms with Crippen LogP contribution in [0.1, 0.15) is 37.5 Å². The van der Waals surface area contributed by atoms with Gasteiger partial charge in [-0.25, -0.2) is 4.79 Å². The topological polar surface area (TPSA) is 80.2 Å². The van der Waals surface area contributed by atoms with Crippen LogP contribution in [0, 0.1) is 6.92 Å². The third kappa shape index (κ3) is 3.03. The summed E-state index contributed by atoms with van der Waals surface area (Å²) in [5, 5.41) is 5.03. The first kappa shape index (κ1) is 17.9. The molecule has 0 saturated carbocycles. The number of imide groups is 1. The van der Waals surface area contributed by atoms with Crippen molar-refractivity contribution in [3.63, 3.8) is 0 Å². The largest absolute Gasteiger partial charge is 0.322 e. The van der Waals surface area contributed by atoms with Crippen LogP contribution in [0.3, 0.4) is 0 Å². The van der Waals surface area contributed by atoms with Gasteiger partial charge in [0.2, 0.25) is 0 Å². The smallest absolute Gasteiger partial charge is 0.318 e. The van der Waals surface area contributed by atoms with Crippen LogP contribution in [0.5, 0.6) is 0 Å². The van der Waals surface area contributed by atoms with Crippen molar-refractivity contribution >= 4 is 11.9 Å². The molecule has 0 radical (unpaired) electrons. The molecule has 2 heterocycles. The number of nitrogens with zero attached hydrogens (tertiary/aromatic N) is 1. The van der Waals surface area contributed by atoms with E-state index in [9.17, 15) is 14.4 Å². The molecule has 1 fully saturated rings. The first-order valence-corrected chi connectivity index (χ1v) is 8.54. The van der Waals surface area contributed by atoms with Crippen molar-refractivity contribution in [1.82, 2.24) is 15.2 Å². The van der Waals surface area contributed by atoms with E-state index in [-0.39, 0.29) is 17.5 Å². The fourth-order valence-electron chi connectivity index (χ4n) is 3.19. The van der Waals surface area contributed by atoms with Gasteiger partial charge in [-0.3, -0.25) is 14.9 Å². The molecule has 1 unspecified atom stereocenters. The predicted octanol–water partition coefficient (Wildman–Crippen LogP) is 2.19. The number of rotatable bonds is 3. The Morgan fingerprint density at radius 1 is 1.04 bits per heavy atom. The molecule has 6 heteroatoms. The standard InChI is InChI=1S/C20H23N3O3/c1-13-6-5-11-23(16(13)24)12-20(17(25)21-18(26)22-20)15-9-7-14(8-10-15)19(2,3)4/h5-11H,12H2,1-4H3,(H2,21,22,25,26). The Hall–Kier alpha value is -2.89. The molecule has 1 atom stereocenters. The molecule has 1 aliphatic rings. The molecule has 136 valence electrons. The van der Waals surface area contributed by atoms with Crippen LogP contribution < -0.4 is 16.2 Å². The maximum absolute atomic E-state index is 12.7. The van der Waals surface area contributed by atoms with Crippen LogP contribution in [0.25, 0.3) is 0 Å². The molecule has 0 aliphatic carbocycles. The Kier molecular flexibility index (Phi) is 4.22. The van der Waals surface area contributed by atoms with Gasteiger partial charge < -0.3 is 9.88 Å². The number of aryl methyl sites for hydroxylation is 1. The number of carbonyl (C=O) groups is 2. The molecule has 0 spiro atoms. The molecule has 1 aliphatic heterocycles. The van der Waals surface area contributed by atoms with Crippen LogP contribution in [-0.2, 0) is 22.3 Å². The highest BCUT2D eigenvalue weighted by Crippen LogP contribution is 2.30. The van der Waals surface area contributed by atoms with Gasteiger partial charge in [-0.1, -0.05) is 51.1 Å². The minimum absolute atomic E-state index is 0.0274. The van der Waals surface area contributed by atoms with Gasteiger partial charge in [-0.2, -0.15) is 0 Å². The van der Waals surface area contributed by atoms with E-state index in [1.54, 1.807) is 25.3 Å². The minimum atomic E-state index is -1.31. The third-order valence-electron chi connectivity index (χ3n) is 4.80. The van der Waals surface area contributed by atoms with Gasteiger partial charge in [-0.15, -0.1) is 0 Å². The van der Waals surface area contributed by atoms with Gasteiger partial charge in [0.25, 0.3) is 11.5 Å². The van der Waals surface area contributed by atoms with Crippen LogP contribution in [0.2, 0.25) is 0 Å². The normalized spacial score (nSPS) is 20.0. The average molecular weight is 353 g/mol. The lowest BCUT2D eigenvalue weighted by Gasteiger charge is -2.28. The monoisotopic (exact) mass is 353 g/mol. The summed E-state index contributed by atoms with van der Waals surface area (Å²) < 4.78 is 1.46. The zero-order chi connectivity index (χ0) is 19.1. The lowest BCUT2D eigenvalue weighted by atomic mass is 9.83. The van der Waals surface area contributed by atoms with E-state index in [2.05, 4.69) is 31.4 Å². The molecule has 0 bridgehead atoms. The van der Waals surface area contributed by atoms with Crippen molar-refractivity contribution in [2.45, 2.75) is 45.2 Å². The van der Waals surface area contributed by atoms with E-state index in [1.807, 2.05) is 24.3 Å². The summed E-state index contributed by atoms with van der Waals surface area (Å²) >= 11 is 0. The number of carbonyl (C=O) groups excluding carboxylic acids is 2. The zero-order valence-corrected chi connectivity index (χ0v) is 15.4. The van der Waals surface area contributed by atoms with Gasteiger partial charge in [0.05, 0.1) is 6.54 Å². The molecule has 1 aromatic heterocycles. The summed E-state index contributed by atoms with van der Waals surface area (Å²) in [7, 11) is 0. The molecule has 2 aromatic rings. The number of pyridine rings is 1. The van der Waals surface area contributed by atoms with Crippen molar-refractivity contribution in [2.24, 2.45) is 0 Å². The zero-order valence-electron chi connectivity index (χ0n) is 15.4. The molecule has 1 aromatic carbocycles. The number of amides is 3. The van der Waals surface area contributed by atoms with Crippen molar-refractivity contribution < 1.29 is 9.59 Å². The second-order valence-electron chi connectivity index (χ2n) is 7.77. The quantitative estimate of drug-likeness (QED) is 0.830. The fraction of sp³-hybridized carbons (Fsp3) is 0.350. The first-order valence-electron chi connectivity index (χ1n) is 8.54. The highest BCUT2D eigenvalue weighted by Gasteiger charge is 2.48. The van der Waals surface area contributed by atoms with Crippen molar-refractivity contribution in [3.8, 4) is 0 Å². The maximum atomic E-state index is 12.7. The number of nitrogens with one attached hydrogen (secondary N) is 2. The van der Waals surface area contributed by atoms with Crippen LogP contribution >= 0.6 is 0 Å². The molecular weight excluding hydrogens is 330 g/mol. The average Bonchev–Trinajstić information content (AvgIpc) is 2.86. The number of benzene rings is 1. The highest BCUT2D eigenvalue weighted by atomic mass is 16.2. The van der Waals surface area contributed by atoms with Crippen molar-refractivity contribution in [3.05, 3.63) is 69.6 Å². The highest BCUT2D eigenvalue weighted by molar-refractivity contribution is 6.07. The Balaban J connectivity index is 2.09. The Labute approximate surface area is 152 Å². The third-order valence-corrected chi connectivity index (χ3v) is 4.80. The Bertz CT molecular complexity index is 923. The summed E-state index contributed by atoms with van der Waals surface area (Å²) in [6.45, 7) is 8.06. The lowest BCUT2D eigenvalue weighted by molar-refractivity contribution is -0.124. The number of hydrogen-bond acceptors (Lipinski definition) is 3. The summed E-state index contributed by atoms with van der Waals surface area (Å²) in [6.07, 6.45) is 1.62. The van der Waals surface area contributed by atoms with Gasteiger partial charge in [0.15, 0.2) is 5.54 Å². The Morgan fingerprint density at radius 2 is 1.69 bits per heavy atom. The van der Waals surface area contributed by atoms with Crippen molar-refractivity contribution in [1.29, 1.82) is 0 Å². The van der Waals surface area contributed by atoms with Gasteiger partial charge in [0, 0.05) is 11.8 Å². The lowest BCUT2D eigenvalue weighted by Crippen LogP contribution is -2.49. The van der Waals surface area contributed by atoms with Gasteiger partial charge in [0.1, 0.15) is 0 Å². The molecule has 3 rings (SSSR count). The number of urea groups is 1. The van der Waals surface area contributed by atoms with Crippen LogP contribution in [-0.4, -0.2) is 16.5 Å². The van der Waals surface area contributed by atoms with E-state index in [0.29, 0.717) is 11.1 Å². The summed E-state index contributed by atoms with van der Waals surface area (Å²) in [4.78, 5) is 37.0. The molecule has 26 heavy (non-hydrogen) atoms. The molecule has 3 amide bonds. The fourth-order valence-corrected chi connectivity index (χ4v) is 3.19. The summed E-state index contributed by atoms with van der Waals surface area (Å²) in [5.41, 5.74) is 0.810. The SMILES string of the molecule is Cc1cccn(CC2(c3ccc(C(C)(C)C)cc3)NC(=O)NC2=O)c1=O. The minimum Gasteiger partial charge on any atom is -0.318 e. The van der Waals surface area contributed by atoms with Crippen LogP contribution in [0.15, 0.2) is 47.4 Å². The second-order valence-corrected chi connectivity index (χ2v) is 7.77. The molecule has 1 saturated heterocycles. The summed E-state index contributed by atoms with van der Waals surface area (Å²) in [5.74, 6) is -0.459. The second kappa shape index (κ2) is 6.12. The molecular formula is C20H23N3O3. The van der Waals surface area contributed by atoms with E-state index >= 15 is 0 Å². The van der Waals surface area contributed by atoms with Gasteiger partial charge in [-0.05, 0) is 29.5 Å². The summed E-state index contributed by atoms with van der Waals surface area (Å²) in [6, 6.07) is 10.5. The number of hydrogen-bond donors (Lipinski definition) is 2. The first-order chi connectivity index (χ1) is 12.1. The Morgan fingerprint density at radius 3 is 2.23 bits per heavy atom. The van der Waals surface area contributed by atoms with E-state index in [4.69, 9.17) is 0 Å². The molecule has 6 nitrogen and oxygen atoms in total. The van der Waals surface area contributed by atoms with E-state index < -0.39 is 17.5 Å². The van der Waals surface area contributed by atoms with E-state index in [0.717, 1.165) is 5.56 Å². The van der Waals surface area contributed by atoms with Crippen molar-refractivity contribution in [2.75, 3.05) is 0 Å². The predicted molar refractivity (Wildman–Crippen MR) is 98.9 cm³/mol. The maximum Gasteiger partial charge on any atom is 0.322 e. The van der Waals surface area contributed by atoms with Gasteiger partial charge >= 0.3 is 6.03 Å². The van der Waals surface area contributed by atoms with Crippen LogP contribution in [0.4, 0.5) is 4.79 Å². The van der Waals surface area contributed by atoms with E-state index in [1.165, 1.54) is 4.57 Å². The number of aromatic nitrogens is 1.